The lowest BCUT2D eigenvalue weighted by molar-refractivity contribution is 0.623. The monoisotopic (exact) mass is 776 g/mol. The largest absolute Gasteiger partial charge is 0.435 e. The fourth-order valence-electron chi connectivity index (χ4n) is 9.41. The van der Waals surface area contributed by atoms with Crippen LogP contribution in [0.1, 0.15) is 0 Å². The van der Waals surface area contributed by atoms with E-state index in [1.54, 1.807) is 0 Å². The van der Waals surface area contributed by atoms with Crippen molar-refractivity contribution in [1.29, 1.82) is 0 Å². The molecule has 5 nitrogen and oxygen atoms in total. The summed E-state index contributed by atoms with van der Waals surface area (Å²) < 4.78 is 6.59. The molecule has 5 heteroatoms. The number of hydrogen-bond donors (Lipinski definition) is 0. The molecule has 0 N–H and O–H groups in total. The van der Waals surface area contributed by atoms with E-state index in [2.05, 4.69) is 164 Å². The fourth-order valence-corrected chi connectivity index (χ4v) is 9.41. The van der Waals surface area contributed by atoms with Gasteiger partial charge in [-0.15, -0.1) is 0 Å². The second kappa shape index (κ2) is 13.1. The maximum absolute atomic E-state index is 6.59. The second-order valence-corrected chi connectivity index (χ2v) is 15.7. The maximum Gasteiger partial charge on any atom is 0.227 e. The Labute approximate surface area is 349 Å². The second-order valence-electron chi connectivity index (χ2n) is 15.7. The Kier molecular flexibility index (Phi) is 7.24. The molecule has 0 amide bonds. The van der Waals surface area contributed by atoms with Crippen molar-refractivity contribution in [3.63, 3.8) is 0 Å². The van der Waals surface area contributed by atoms with Gasteiger partial charge in [-0.25, -0.2) is 19.9 Å². The van der Waals surface area contributed by atoms with Gasteiger partial charge in [0.15, 0.2) is 23.1 Å². The minimum atomic E-state index is 0.612. The Bertz CT molecular complexity index is 3910. The molecule has 0 aliphatic carbocycles. The van der Waals surface area contributed by atoms with Crippen LogP contribution < -0.4 is 0 Å². The van der Waals surface area contributed by atoms with Gasteiger partial charge in [0.25, 0.3) is 0 Å². The summed E-state index contributed by atoms with van der Waals surface area (Å²) in [7, 11) is 0. The quantitative estimate of drug-likeness (QED) is 0.167. The first-order valence-electron chi connectivity index (χ1n) is 20.5. The SMILES string of the molecule is c1ccc(-c2nc3ccc4ccc5ccc6cc(-c7nc(-c8ccc9c%10ccccc%10c%10ccccc%10c9c8)nc(-c8cccc9ccccc89)n7)ccc6c5c4c3o2)cc1. The van der Waals surface area contributed by atoms with Gasteiger partial charge in [-0.2, -0.15) is 0 Å². The van der Waals surface area contributed by atoms with E-state index in [9.17, 15) is 0 Å². The summed E-state index contributed by atoms with van der Waals surface area (Å²) in [5.41, 5.74) is 5.38. The van der Waals surface area contributed by atoms with Crippen molar-refractivity contribution >= 4 is 86.5 Å². The van der Waals surface area contributed by atoms with E-state index < -0.39 is 0 Å². The molecule has 2 heterocycles. The standard InChI is InChI=1S/C56H32N4O/c1-2-12-36(13-3-1)56-57-49-30-27-35-22-21-34-23-24-37-31-38(25-28-41(37)50(34)51(35)52(49)61-56)53-58-54(60-55(59-53)47-20-10-14-33-11-4-5-15-40(33)47)39-26-29-46-44-18-7-6-16-42(44)43-17-8-9-19-45(43)48(46)32-39/h1-32H. The molecular formula is C56H32N4O. The molecule has 61 heavy (non-hydrogen) atoms. The van der Waals surface area contributed by atoms with Gasteiger partial charge in [-0.05, 0) is 95.0 Å². The molecule has 0 fully saturated rings. The number of fused-ring (bicyclic) bond motifs is 14. The van der Waals surface area contributed by atoms with Crippen LogP contribution in [0, 0.1) is 0 Å². The van der Waals surface area contributed by atoms with Crippen LogP contribution in [-0.4, -0.2) is 19.9 Å². The summed E-state index contributed by atoms with van der Waals surface area (Å²) in [6.07, 6.45) is 0. The van der Waals surface area contributed by atoms with Crippen molar-refractivity contribution in [3.05, 3.63) is 194 Å². The van der Waals surface area contributed by atoms with E-state index in [1.165, 1.54) is 32.3 Å². The van der Waals surface area contributed by atoms with E-state index in [0.29, 0.717) is 23.4 Å². The maximum atomic E-state index is 6.59. The zero-order valence-corrected chi connectivity index (χ0v) is 32.7. The van der Waals surface area contributed by atoms with Gasteiger partial charge in [-0.3, -0.25) is 0 Å². The van der Waals surface area contributed by atoms with Gasteiger partial charge in [0.05, 0.1) is 0 Å². The summed E-state index contributed by atoms with van der Waals surface area (Å²) in [5, 5.41) is 16.1. The lowest BCUT2D eigenvalue weighted by atomic mass is 9.93. The molecule has 13 aromatic rings. The van der Waals surface area contributed by atoms with E-state index >= 15 is 0 Å². The molecule has 13 rings (SSSR count). The first kappa shape index (κ1) is 33.7. The highest BCUT2D eigenvalue weighted by atomic mass is 16.3. The highest BCUT2D eigenvalue weighted by Crippen LogP contribution is 2.41. The molecule has 0 aliphatic heterocycles. The fraction of sp³-hybridized carbons (Fsp3) is 0. The zero-order chi connectivity index (χ0) is 40.0. The van der Waals surface area contributed by atoms with Gasteiger partial charge >= 0.3 is 0 Å². The molecule has 0 spiro atoms. The predicted octanol–water partition coefficient (Wildman–Crippen LogP) is 14.8. The van der Waals surface area contributed by atoms with Crippen LogP contribution >= 0.6 is 0 Å². The molecular weight excluding hydrogens is 745 g/mol. The van der Waals surface area contributed by atoms with Crippen LogP contribution in [0.15, 0.2) is 199 Å². The van der Waals surface area contributed by atoms with E-state index in [1.807, 2.05) is 30.3 Å². The van der Waals surface area contributed by atoms with Gasteiger partial charge in [0, 0.05) is 33.0 Å². The molecule has 0 saturated carbocycles. The third-order valence-electron chi connectivity index (χ3n) is 12.3. The predicted molar refractivity (Wildman–Crippen MR) is 252 cm³/mol. The Morgan fingerprint density at radius 2 is 0.836 bits per heavy atom. The first-order chi connectivity index (χ1) is 30.2. The lowest BCUT2D eigenvalue weighted by Gasteiger charge is -2.13. The highest BCUT2D eigenvalue weighted by molar-refractivity contribution is 6.27. The van der Waals surface area contributed by atoms with Crippen LogP contribution in [0.4, 0.5) is 0 Å². The number of benzene rings is 11. The summed E-state index contributed by atoms with van der Waals surface area (Å²) in [6.45, 7) is 0. The van der Waals surface area contributed by atoms with Crippen LogP contribution in [0.25, 0.3) is 132 Å². The molecule has 0 atom stereocenters. The van der Waals surface area contributed by atoms with Crippen LogP contribution in [0.5, 0.6) is 0 Å². The Balaban J connectivity index is 1.03. The molecule has 0 unspecified atom stereocenters. The number of hydrogen-bond acceptors (Lipinski definition) is 5. The summed E-state index contributed by atoms with van der Waals surface area (Å²) in [6, 6.07) is 68.2. The molecule has 0 bridgehead atoms. The first-order valence-corrected chi connectivity index (χ1v) is 20.5. The van der Waals surface area contributed by atoms with Crippen molar-refractivity contribution < 1.29 is 4.42 Å². The molecule has 11 aromatic carbocycles. The number of rotatable bonds is 4. The average Bonchev–Trinajstić information content (AvgIpc) is 3.78. The molecule has 0 aliphatic rings. The average molecular weight is 777 g/mol. The third-order valence-corrected chi connectivity index (χ3v) is 12.3. The molecule has 0 saturated heterocycles. The van der Waals surface area contributed by atoms with Gasteiger partial charge in [-0.1, -0.05) is 164 Å². The molecule has 282 valence electrons. The van der Waals surface area contributed by atoms with Gasteiger partial charge in [0.1, 0.15) is 5.52 Å². The number of aromatic nitrogens is 4. The van der Waals surface area contributed by atoms with E-state index in [4.69, 9.17) is 24.4 Å². The zero-order valence-electron chi connectivity index (χ0n) is 32.7. The van der Waals surface area contributed by atoms with Crippen LogP contribution in [0.2, 0.25) is 0 Å². The Morgan fingerprint density at radius 3 is 1.57 bits per heavy atom. The normalized spacial score (nSPS) is 11.9. The van der Waals surface area contributed by atoms with Crippen LogP contribution in [-0.2, 0) is 0 Å². The topological polar surface area (TPSA) is 64.7 Å². The van der Waals surface area contributed by atoms with Crippen molar-refractivity contribution in [3.8, 4) is 45.6 Å². The molecule has 2 aromatic heterocycles. The number of nitrogens with zero attached hydrogens (tertiary/aromatic N) is 4. The summed E-state index contributed by atoms with van der Waals surface area (Å²) in [4.78, 5) is 20.7. The minimum absolute atomic E-state index is 0.612. The van der Waals surface area contributed by atoms with Crippen molar-refractivity contribution in [1.82, 2.24) is 19.9 Å². The van der Waals surface area contributed by atoms with Gasteiger partial charge < -0.3 is 4.42 Å². The Hall–Kier alpha value is -8.28. The summed E-state index contributed by atoms with van der Waals surface area (Å²) in [5.74, 6) is 2.48. The highest BCUT2D eigenvalue weighted by Gasteiger charge is 2.19. The lowest BCUT2D eigenvalue weighted by Crippen LogP contribution is -2.01. The van der Waals surface area contributed by atoms with Crippen molar-refractivity contribution in [2.75, 3.05) is 0 Å². The van der Waals surface area contributed by atoms with E-state index in [-0.39, 0.29) is 0 Å². The van der Waals surface area contributed by atoms with Crippen molar-refractivity contribution in [2.45, 2.75) is 0 Å². The summed E-state index contributed by atoms with van der Waals surface area (Å²) >= 11 is 0. The smallest absolute Gasteiger partial charge is 0.227 e. The van der Waals surface area contributed by atoms with Gasteiger partial charge in [0.2, 0.25) is 5.89 Å². The van der Waals surface area contributed by atoms with Crippen LogP contribution in [0.3, 0.4) is 0 Å². The number of oxazole rings is 1. The minimum Gasteiger partial charge on any atom is -0.435 e. The van der Waals surface area contributed by atoms with E-state index in [0.717, 1.165) is 76.4 Å². The Morgan fingerprint density at radius 1 is 0.295 bits per heavy atom. The van der Waals surface area contributed by atoms with Crippen molar-refractivity contribution in [2.24, 2.45) is 0 Å². The molecule has 0 radical (unpaired) electrons. The third kappa shape index (κ3) is 5.27.